The van der Waals surface area contributed by atoms with Gasteiger partial charge in [0.15, 0.2) is 5.96 Å². The van der Waals surface area contributed by atoms with Crippen LogP contribution in [0.1, 0.15) is 23.2 Å². The summed E-state index contributed by atoms with van der Waals surface area (Å²) in [6.07, 6.45) is 1.92. The third-order valence-corrected chi connectivity index (χ3v) is 5.26. The largest absolute Gasteiger partial charge is 0.467 e. The van der Waals surface area contributed by atoms with Gasteiger partial charge >= 0.3 is 0 Å². The molecule has 27 heavy (non-hydrogen) atoms. The molecule has 0 saturated heterocycles. The fraction of sp³-hybridized carbons (Fsp3) is 0.350. The van der Waals surface area contributed by atoms with Crippen LogP contribution in [0.3, 0.4) is 0 Å². The first-order chi connectivity index (χ1) is 13.3. The maximum atomic E-state index is 10.4. The van der Waals surface area contributed by atoms with Crippen LogP contribution < -0.4 is 10.6 Å². The van der Waals surface area contributed by atoms with Crippen molar-refractivity contribution in [2.75, 3.05) is 26.7 Å². The average molecular weight is 388 g/mol. The summed E-state index contributed by atoms with van der Waals surface area (Å²) in [5, 5.41) is 18.0. The maximum Gasteiger partial charge on any atom is 0.191 e. The number of nitrogens with one attached hydrogen (secondary N) is 2. The quantitative estimate of drug-likeness (QED) is 0.298. The zero-order valence-corrected chi connectivity index (χ0v) is 16.2. The van der Waals surface area contributed by atoms with Crippen molar-refractivity contribution in [2.24, 2.45) is 4.99 Å². The van der Waals surface area contributed by atoms with Crippen molar-refractivity contribution in [1.29, 1.82) is 0 Å². The van der Waals surface area contributed by atoms with Gasteiger partial charge in [-0.25, -0.2) is 0 Å². The van der Waals surface area contributed by atoms with Crippen molar-refractivity contribution in [2.45, 2.75) is 19.1 Å². The van der Waals surface area contributed by atoms with E-state index in [9.17, 15) is 5.11 Å². The lowest BCUT2D eigenvalue weighted by Gasteiger charge is -2.14. The second-order valence-corrected chi connectivity index (χ2v) is 7.18. The predicted molar refractivity (Wildman–Crippen MR) is 109 cm³/mol. The van der Waals surface area contributed by atoms with Crippen molar-refractivity contribution < 1.29 is 14.3 Å². The number of fused-ring (bicyclic) bond motifs is 1. The van der Waals surface area contributed by atoms with Gasteiger partial charge in [0, 0.05) is 36.3 Å². The number of benzene rings is 1. The summed E-state index contributed by atoms with van der Waals surface area (Å²) in [5.74, 6) is 1.50. The van der Waals surface area contributed by atoms with Crippen molar-refractivity contribution in [3.05, 3.63) is 59.4 Å². The highest BCUT2D eigenvalue weighted by molar-refractivity contribution is 7.19. The van der Waals surface area contributed by atoms with E-state index in [0.717, 1.165) is 29.0 Å². The van der Waals surface area contributed by atoms with Crippen LogP contribution >= 0.6 is 11.3 Å². The van der Waals surface area contributed by atoms with Crippen LogP contribution in [0.25, 0.3) is 10.1 Å². The highest BCUT2D eigenvalue weighted by Gasteiger charge is 2.12. The van der Waals surface area contributed by atoms with Crippen molar-refractivity contribution in [3.63, 3.8) is 0 Å². The molecule has 3 rings (SSSR count). The molecule has 3 aromatic rings. The predicted octanol–water partition coefficient (Wildman–Crippen LogP) is 3.30. The lowest BCUT2D eigenvalue weighted by Crippen LogP contribution is -2.39. The topological polar surface area (TPSA) is 79.0 Å². The van der Waals surface area contributed by atoms with Gasteiger partial charge in [-0.15, -0.1) is 11.3 Å². The van der Waals surface area contributed by atoms with E-state index in [4.69, 9.17) is 9.15 Å². The summed E-state index contributed by atoms with van der Waals surface area (Å²) in [6, 6.07) is 13.9. The summed E-state index contributed by atoms with van der Waals surface area (Å²) in [6.45, 7) is 2.26. The number of aliphatic hydroxyl groups is 1. The zero-order chi connectivity index (χ0) is 18.9. The fourth-order valence-electron chi connectivity index (χ4n) is 2.63. The minimum atomic E-state index is -0.572. The molecule has 1 atom stereocenters. The number of nitrogens with zero attached hydrogens (tertiary/aromatic N) is 1. The van der Waals surface area contributed by atoms with E-state index >= 15 is 0 Å². The first-order valence-corrected chi connectivity index (χ1v) is 9.79. The van der Waals surface area contributed by atoms with Gasteiger partial charge in [0.1, 0.15) is 18.5 Å². The van der Waals surface area contributed by atoms with Crippen molar-refractivity contribution in [1.82, 2.24) is 10.6 Å². The highest BCUT2D eigenvalue weighted by Crippen LogP contribution is 2.29. The van der Waals surface area contributed by atoms with Crippen molar-refractivity contribution in [3.8, 4) is 0 Å². The van der Waals surface area contributed by atoms with E-state index in [0.29, 0.717) is 25.7 Å². The number of hydrogen-bond donors (Lipinski definition) is 3. The van der Waals surface area contributed by atoms with E-state index in [2.05, 4.69) is 27.8 Å². The van der Waals surface area contributed by atoms with Crippen LogP contribution in [-0.2, 0) is 11.3 Å². The first kappa shape index (κ1) is 19.4. The lowest BCUT2D eigenvalue weighted by atomic mass is 10.2. The Labute approximate surface area is 162 Å². The Kier molecular flexibility index (Phi) is 7.27. The first-order valence-electron chi connectivity index (χ1n) is 8.97. The molecule has 3 N–H and O–H groups in total. The van der Waals surface area contributed by atoms with Gasteiger partial charge in [-0.3, -0.25) is 4.99 Å². The number of aliphatic imine (C=N–C) groups is 1. The number of thiophene rings is 1. The smallest absolute Gasteiger partial charge is 0.191 e. The van der Waals surface area contributed by atoms with Gasteiger partial charge in [0.25, 0.3) is 0 Å². The van der Waals surface area contributed by atoms with Gasteiger partial charge in [-0.1, -0.05) is 18.2 Å². The van der Waals surface area contributed by atoms with Gasteiger partial charge in [0.05, 0.1) is 6.26 Å². The third-order valence-electron chi connectivity index (χ3n) is 4.04. The van der Waals surface area contributed by atoms with Gasteiger partial charge < -0.3 is 24.9 Å². The number of furan rings is 1. The van der Waals surface area contributed by atoms with Crippen LogP contribution in [0, 0.1) is 0 Å². The molecule has 0 saturated carbocycles. The van der Waals surface area contributed by atoms with E-state index in [1.165, 1.54) is 4.70 Å². The highest BCUT2D eigenvalue weighted by atomic mass is 32.1. The molecular formula is C20H25N3O3S. The molecule has 0 bridgehead atoms. The molecule has 0 amide bonds. The Balaban J connectivity index is 1.34. The molecule has 2 heterocycles. The number of guanidine groups is 1. The summed E-state index contributed by atoms with van der Waals surface area (Å²) in [5.41, 5.74) is 0. The summed E-state index contributed by atoms with van der Waals surface area (Å²) in [7, 11) is 1.72. The second kappa shape index (κ2) is 10.1. The Hall–Kier alpha value is -2.35. The Morgan fingerprint density at radius 3 is 2.93 bits per heavy atom. The molecule has 2 aromatic heterocycles. The SMILES string of the molecule is CN=C(NCCCOCc1ccco1)NCC(O)c1cc2ccccc2s1. The van der Waals surface area contributed by atoms with Gasteiger partial charge in [-0.2, -0.15) is 0 Å². The summed E-state index contributed by atoms with van der Waals surface area (Å²) < 4.78 is 11.9. The average Bonchev–Trinajstić information content (AvgIpc) is 3.36. The minimum absolute atomic E-state index is 0.404. The Morgan fingerprint density at radius 1 is 1.26 bits per heavy atom. The lowest BCUT2D eigenvalue weighted by molar-refractivity contribution is 0.105. The molecule has 6 nitrogen and oxygen atoms in total. The Morgan fingerprint density at radius 2 is 2.15 bits per heavy atom. The van der Waals surface area contributed by atoms with Crippen LogP contribution in [0.5, 0.6) is 0 Å². The van der Waals surface area contributed by atoms with Crippen LogP contribution in [-0.4, -0.2) is 37.8 Å². The number of hydrogen-bond acceptors (Lipinski definition) is 5. The fourth-order valence-corrected chi connectivity index (χ4v) is 3.68. The van der Waals surface area contributed by atoms with Gasteiger partial charge in [-0.05, 0) is 36.1 Å². The molecule has 0 aliphatic carbocycles. The van der Waals surface area contributed by atoms with E-state index < -0.39 is 6.10 Å². The van der Waals surface area contributed by atoms with Crippen LogP contribution in [0.4, 0.5) is 0 Å². The standard InChI is InChI=1S/C20H25N3O3S/c1-21-20(22-9-5-10-25-14-16-7-4-11-26-16)23-13-17(24)19-12-15-6-2-3-8-18(15)27-19/h2-4,6-8,11-12,17,24H,5,9-10,13-14H2,1H3,(H2,21,22,23). The van der Waals surface area contributed by atoms with E-state index in [1.807, 2.05) is 30.3 Å². The molecule has 1 aromatic carbocycles. The molecule has 0 aliphatic heterocycles. The van der Waals surface area contributed by atoms with Crippen molar-refractivity contribution >= 4 is 27.4 Å². The summed E-state index contributed by atoms with van der Waals surface area (Å²) in [4.78, 5) is 5.14. The number of rotatable bonds is 9. The summed E-state index contributed by atoms with van der Waals surface area (Å²) >= 11 is 1.62. The zero-order valence-electron chi connectivity index (χ0n) is 15.4. The maximum absolute atomic E-state index is 10.4. The normalized spacial score (nSPS) is 13.0. The third kappa shape index (κ3) is 5.82. The number of aliphatic hydroxyl groups excluding tert-OH is 1. The molecule has 144 valence electrons. The van der Waals surface area contributed by atoms with E-state index in [-0.39, 0.29) is 0 Å². The van der Waals surface area contributed by atoms with Crippen LogP contribution in [0.2, 0.25) is 0 Å². The molecule has 1 unspecified atom stereocenters. The molecular weight excluding hydrogens is 362 g/mol. The van der Waals surface area contributed by atoms with Crippen LogP contribution in [0.15, 0.2) is 58.1 Å². The molecule has 0 radical (unpaired) electrons. The van der Waals surface area contributed by atoms with Gasteiger partial charge in [0.2, 0.25) is 0 Å². The monoisotopic (exact) mass is 387 g/mol. The molecule has 0 spiro atoms. The second-order valence-electron chi connectivity index (χ2n) is 6.07. The molecule has 7 heteroatoms. The Bertz CT molecular complexity index is 812. The van der Waals surface area contributed by atoms with E-state index in [1.54, 1.807) is 24.6 Å². The molecule has 0 aliphatic rings. The number of ether oxygens (including phenoxy) is 1. The minimum Gasteiger partial charge on any atom is -0.467 e. The molecule has 0 fully saturated rings.